The van der Waals surface area contributed by atoms with E-state index < -0.39 is 0 Å². The molecule has 1 atom stereocenters. The Morgan fingerprint density at radius 1 is 1.10 bits per heavy atom. The van der Waals surface area contributed by atoms with Gasteiger partial charge in [0.05, 0.1) is 19.8 Å². The molecule has 1 aliphatic heterocycles. The van der Waals surface area contributed by atoms with Crippen LogP contribution in [0.2, 0.25) is 0 Å². The second-order valence-electron chi connectivity index (χ2n) is 8.37. The van der Waals surface area contributed by atoms with Crippen molar-refractivity contribution < 1.29 is 9.47 Å². The third kappa shape index (κ3) is 12.7. The molecule has 0 spiro atoms. The number of rotatable bonds is 13. The molecule has 0 saturated carbocycles. The Kier molecular flexibility index (Phi) is 16.0. The number of guanidine groups is 1. The van der Waals surface area contributed by atoms with Crippen molar-refractivity contribution in [3.8, 4) is 0 Å². The molecule has 1 heterocycles. The molecule has 0 radical (unpaired) electrons. The van der Waals surface area contributed by atoms with Gasteiger partial charge in [-0.3, -0.25) is 9.89 Å². The number of halogens is 1. The lowest BCUT2D eigenvalue weighted by atomic mass is 10.0. The number of hydrogen-bond acceptors (Lipinski definition) is 4. The quantitative estimate of drug-likeness (QED) is 0.172. The van der Waals surface area contributed by atoms with Gasteiger partial charge in [0.1, 0.15) is 0 Å². The maximum Gasteiger partial charge on any atom is 0.191 e. The Morgan fingerprint density at radius 3 is 2.52 bits per heavy atom. The van der Waals surface area contributed by atoms with E-state index in [1.165, 1.54) is 12.0 Å². The molecule has 2 rings (SSSR count). The topological polar surface area (TPSA) is 58.1 Å². The van der Waals surface area contributed by atoms with Gasteiger partial charge in [0, 0.05) is 45.9 Å². The normalized spacial score (nSPS) is 16.1. The summed E-state index contributed by atoms with van der Waals surface area (Å²) in [4.78, 5) is 6.94. The lowest BCUT2D eigenvalue weighted by Crippen LogP contribution is -2.51. The van der Waals surface area contributed by atoms with Crippen molar-refractivity contribution in [2.45, 2.75) is 45.6 Å². The predicted molar refractivity (Wildman–Crippen MR) is 141 cm³/mol. The Hall–Kier alpha value is -0.900. The summed E-state index contributed by atoms with van der Waals surface area (Å²) in [7, 11) is 1.84. The van der Waals surface area contributed by atoms with Crippen LogP contribution in [0.5, 0.6) is 0 Å². The molecule has 0 aliphatic carbocycles. The highest BCUT2D eigenvalue weighted by Crippen LogP contribution is 2.13. The van der Waals surface area contributed by atoms with Gasteiger partial charge in [-0.1, -0.05) is 44.2 Å². The molecule has 1 aromatic rings. The second kappa shape index (κ2) is 17.6. The molecule has 1 saturated heterocycles. The zero-order chi connectivity index (χ0) is 21.4. The highest BCUT2D eigenvalue weighted by molar-refractivity contribution is 14.0. The van der Waals surface area contributed by atoms with Crippen LogP contribution in [0.1, 0.15) is 38.7 Å². The summed E-state index contributed by atoms with van der Waals surface area (Å²) >= 11 is 0. The lowest BCUT2D eigenvalue weighted by Gasteiger charge is -2.35. The van der Waals surface area contributed by atoms with Crippen molar-refractivity contribution in [1.29, 1.82) is 0 Å². The van der Waals surface area contributed by atoms with Gasteiger partial charge in [0.15, 0.2) is 5.96 Å². The molecule has 0 bridgehead atoms. The van der Waals surface area contributed by atoms with E-state index in [0.29, 0.717) is 12.0 Å². The zero-order valence-corrected chi connectivity index (χ0v) is 22.0. The monoisotopic (exact) mass is 546 g/mol. The van der Waals surface area contributed by atoms with Gasteiger partial charge in [-0.15, -0.1) is 24.0 Å². The summed E-state index contributed by atoms with van der Waals surface area (Å²) in [5.74, 6) is 1.57. The molecule has 7 heteroatoms. The van der Waals surface area contributed by atoms with E-state index in [0.717, 1.165) is 77.8 Å². The Bertz CT molecular complexity index is 580. The summed E-state index contributed by atoms with van der Waals surface area (Å²) < 4.78 is 11.3. The Morgan fingerprint density at radius 2 is 1.84 bits per heavy atom. The van der Waals surface area contributed by atoms with E-state index in [1.54, 1.807) is 0 Å². The van der Waals surface area contributed by atoms with Crippen LogP contribution in [0.4, 0.5) is 0 Å². The molecular weight excluding hydrogens is 503 g/mol. The van der Waals surface area contributed by atoms with Crippen LogP contribution in [0.15, 0.2) is 35.3 Å². The third-order valence-corrected chi connectivity index (χ3v) is 5.42. The molecule has 31 heavy (non-hydrogen) atoms. The minimum Gasteiger partial charge on any atom is -0.381 e. The summed E-state index contributed by atoms with van der Waals surface area (Å²) in [6, 6.07) is 11.0. The van der Waals surface area contributed by atoms with E-state index >= 15 is 0 Å². The Balaban J connectivity index is 0.00000480. The number of nitrogens with zero attached hydrogens (tertiary/aromatic N) is 2. The van der Waals surface area contributed by atoms with Crippen molar-refractivity contribution in [1.82, 2.24) is 15.5 Å². The van der Waals surface area contributed by atoms with Gasteiger partial charge in [0.2, 0.25) is 0 Å². The third-order valence-electron chi connectivity index (χ3n) is 5.42. The van der Waals surface area contributed by atoms with Gasteiger partial charge in [-0.2, -0.15) is 0 Å². The maximum atomic E-state index is 5.76. The fourth-order valence-corrected chi connectivity index (χ4v) is 3.76. The minimum atomic E-state index is 0. The van der Waals surface area contributed by atoms with Crippen molar-refractivity contribution in [2.75, 3.05) is 59.7 Å². The number of hydrogen-bond donors (Lipinski definition) is 2. The van der Waals surface area contributed by atoms with Gasteiger partial charge in [-0.05, 0) is 37.2 Å². The van der Waals surface area contributed by atoms with E-state index in [1.807, 2.05) is 13.1 Å². The van der Waals surface area contributed by atoms with Gasteiger partial charge >= 0.3 is 0 Å². The van der Waals surface area contributed by atoms with Crippen LogP contribution in [0.25, 0.3) is 0 Å². The smallest absolute Gasteiger partial charge is 0.191 e. The van der Waals surface area contributed by atoms with E-state index in [-0.39, 0.29) is 24.0 Å². The molecule has 2 N–H and O–H groups in total. The molecule has 1 aromatic carbocycles. The first-order valence-corrected chi connectivity index (χ1v) is 11.6. The van der Waals surface area contributed by atoms with E-state index in [2.05, 4.69) is 58.6 Å². The van der Waals surface area contributed by atoms with Crippen LogP contribution >= 0.6 is 24.0 Å². The summed E-state index contributed by atoms with van der Waals surface area (Å²) in [6.07, 6.45) is 4.30. The van der Waals surface area contributed by atoms with Crippen molar-refractivity contribution in [2.24, 2.45) is 10.9 Å². The number of morpholine rings is 1. The van der Waals surface area contributed by atoms with Crippen LogP contribution < -0.4 is 10.6 Å². The molecule has 1 aliphatic rings. The first-order valence-electron chi connectivity index (χ1n) is 11.6. The van der Waals surface area contributed by atoms with Gasteiger partial charge < -0.3 is 20.1 Å². The number of nitrogens with one attached hydrogen (secondary N) is 2. The minimum absolute atomic E-state index is 0. The fraction of sp³-hybridized carbons (Fsp3) is 0.708. The average molecular weight is 547 g/mol. The van der Waals surface area contributed by atoms with E-state index in [4.69, 9.17) is 9.47 Å². The molecule has 1 fully saturated rings. The number of ether oxygens (including phenoxy) is 2. The standard InChI is InChI=1S/C24H42N4O2.HI/c1-21(2)19-23(28-13-17-30-18-14-28)20-27-24(25-3)26-12-7-8-15-29-16-11-22-9-5-4-6-10-22;/h4-6,9-10,21,23H,7-8,11-20H2,1-3H3,(H2,25,26,27);1H. The van der Waals surface area contributed by atoms with E-state index in [9.17, 15) is 0 Å². The molecule has 6 nitrogen and oxygen atoms in total. The number of aliphatic imine (C=N–C) groups is 1. The van der Waals surface area contributed by atoms with Crippen LogP contribution in [-0.4, -0.2) is 76.6 Å². The number of benzene rings is 1. The van der Waals surface area contributed by atoms with Crippen molar-refractivity contribution in [3.05, 3.63) is 35.9 Å². The maximum absolute atomic E-state index is 5.76. The summed E-state index contributed by atoms with van der Waals surface area (Å²) in [6.45, 7) is 11.8. The summed E-state index contributed by atoms with van der Waals surface area (Å²) in [5.41, 5.74) is 1.34. The highest BCUT2D eigenvalue weighted by Gasteiger charge is 2.22. The molecule has 0 amide bonds. The SMILES string of the molecule is CN=C(NCCCCOCCc1ccccc1)NCC(CC(C)C)N1CCOCC1.I. The molecule has 178 valence electrons. The first kappa shape index (κ1) is 28.1. The fourth-order valence-electron chi connectivity index (χ4n) is 3.76. The highest BCUT2D eigenvalue weighted by atomic mass is 127. The van der Waals surface area contributed by atoms with Crippen LogP contribution in [0, 0.1) is 5.92 Å². The van der Waals surface area contributed by atoms with Gasteiger partial charge in [-0.25, -0.2) is 0 Å². The zero-order valence-electron chi connectivity index (χ0n) is 19.6. The molecule has 0 aromatic heterocycles. The largest absolute Gasteiger partial charge is 0.381 e. The molecular formula is C24H43IN4O2. The van der Waals surface area contributed by atoms with Crippen molar-refractivity contribution in [3.63, 3.8) is 0 Å². The lowest BCUT2D eigenvalue weighted by molar-refractivity contribution is 0.0132. The number of unbranched alkanes of at least 4 members (excludes halogenated alkanes) is 1. The van der Waals surface area contributed by atoms with Crippen LogP contribution in [-0.2, 0) is 15.9 Å². The van der Waals surface area contributed by atoms with Gasteiger partial charge in [0.25, 0.3) is 0 Å². The summed E-state index contributed by atoms with van der Waals surface area (Å²) in [5, 5.41) is 6.96. The predicted octanol–water partition coefficient (Wildman–Crippen LogP) is 3.56. The first-order chi connectivity index (χ1) is 14.7. The average Bonchev–Trinajstić information content (AvgIpc) is 2.77. The van der Waals surface area contributed by atoms with Crippen molar-refractivity contribution >= 4 is 29.9 Å². The molecule has 1 unspecified atom stereocenters. The van der Waals surface area contributed by atoms with Crippen LogP contribution in [0.3, 0.4) is 0 Å². The second-order valence-corrected chi connectivity index (χ2v) is 8.37. The Labute approximate surface area is 206 Å².